The van der Waals surface area contributed by atoms with Gasteiger partial charge in [0.25, 0.3) is 0 Å². The summed E-state index contributed by atoms with van der Waals surface area (Å²) in [5.41, 5.74) is 13.3. The van der Waals surface area contributed by atoms with Crippen LogP contribution in [-0.4, -0.2) is 16.2 Å². The molecule has 0 amide bonds. The first-order chi connectivity index (χ1) is 7.38. The summed E-state index contributed by atoms with van der Waals surface area (Å²) in [6, 6.07) is 7.94. The predicted octanol–water partition coefficient (Wildman–Crippen LogP) is 2.82. The van der Waals surface area contributed by atoms with Gasteiger partial charge in [-0.05, 0) is 12.1 Å². The minimum Gasteiger partial charge on any atom is -0.361 e. The second-order valence-corrected chi connectivity index (χ2v) is 3.43. The van der Waals surface area contributed by atoms with Crippen LogP contribution in [0.2, 0.25) is 0 Å². The molecule has 0 aromatic heterocycles. The molecule has 0 radical (unpaired) electrons. The quantitative estimate of drug-likeness (QED) is 0.373. The van der Waals surface area contributed by atoms with E-state index < -0.39 is 0 Å². The van der Waals surface area contributed by atoms with Crippen molar-refractivity contribution < 1.29 is 4.79 Å². The number of nitrogens with zero attached hydrogens (tertiary/aromatic N) is 3. The lowest BCUT2D eigenvalue weighted by Gasteiger charge is -2.01. The van der Waals surface area contributed by atoms with E-state index in [1.165, 1.54) is 0 Å². The predicted molar refractivity (Wildman–Crippen MR) is 66.5 cm³/mol. The van der Waals surface area contributed by atoms with Crippen molar-refractivity contribution in [1.29, 1.82) is 0 Å². The largest absolute Gasteiger partial charge is 0.361 e. The van der Waals surface area contributed by atoms with Gasteiger partial charge in [-0.3, -0.25) is 0 Å². The van der Waals surface area contributed by atoms with E-state index in [1.54, 1.807) is 6.08 Å². The molecule has 0 spiro atoms. The average molecular weight is 230 g/mol. The Morgan fingerprint density at radius 3 is 2.75 bits per heavy atom. The van der Waals surface area contributed by atoms with Gasteiger partial charge in [-0.15, -0.1) is 12.4 Å². The summed E-state index contributed by atoms with van der Waals surface area (Å²) in [5.74, 6) is 0. The maximum atomic E-state index is 8.71. The van der Waals surface area contributed by atoms with Gasteiger partial charge in [-0.25, -0.2) is 4.99 Å². The highest BCUT2D eigenvalue weighted by Gasteiger charge is 2.23. The SMILES string of the molecule is Cl.[N-]=[N+]=C1C=CC2=Nc3ccccc3C2=C1. The number of rotatable bonds is 0. The van der Waals surface area contributed by atoms with Crippen molar-refractivity contribution in [3.8, 4) is 0 Å². The molecule has 0 bridgehead atoms. The lowest BCUT2D eigenvalue weighted by molar-refractivity contribution is -0.00147. The molecule has 78 valence electrons. The van der Waals surface area contributed by atoms with Gasteiger partial charge in [-0.2, -0.15) is 4.79 Å². The molecule has 0 N–H and O–H groups in total. The second kappa shape index (κ2) is 3.89. The molecule has 3 nitrogen and oxygen atoms in total. The van der Waals surface area contributed by atoms with Gasteiger partial charge in [0.15, 0.2) is 0 Å². The van der Waals surface area contributed by atoms with Crippen molar-refractivity contribution in [1.82, 2.24) is 0 Å². The number of halogens is 1. The summed E-state index contributed by atoms with van der Waals surface area (Å²) in [6.07, 6.45) is 5.45. The fraction of sp³-hybridized carbons (Fsp3) is 0. The normalized spacial score (nSPS) is 15.4. The average Bonchev–Trinajstić information content (AvgIpc) is 2.66. The van der Waals surface area contributed by atoms with Crippen LogP contribution in [0.1, 0.15) is 5.56 Å². The number of fused-ring (bicyclic) bond motifs is 3. The molecule has 1 aromatic carbocycles. The monoisotopic (exact) mass is 229 g/mol. The fourth-order valence-electron chi connectivity index (χ4n) is 1.83. The topological polar surface area (TPSA) is 48.8 Å². The highest BCUT2D eigenvalue weighted by Crippen LogP contribution is 2.35. The van der Waals surface area contributed by atoms with Gasteiger partial charge in [-0.1, -0.05) is 18.2 Å². The number of benzene rings is 1. The Hall–Kier alpha value is -1.96. The summed E-state index contributed by atoms with van der Waals surface area (Å²) in [4.78, 5) is 7.65. The molecule has 0 atom stereocenters. The van der Waals surface area contributed by atoms with Crippen LogP contribution in [0.4, 0.5) is 5.69 Å². The molecule has 1 heterocycles. The number of hydrogen-bond acceptors (Lipinski definition) is 1. The van der Waals surface area contributed by atoms with Crippen molar-refractivity contribution in [2.24, 2.45) is 4.99 Å². The molecule has 1 aliphatic heterocycles. The molecule has 0 saturated heterocycles. The number of allylic oxidation sites excluding steroid dienone is 4. The van der Waals surface area contributed by atoms with Crippen molar-refractivity contribution in [3.63, 3.8) is 0 Å². The van der Waals surface area contributed by atoms with Crippen molar-refractivity contribution in [2.75, 3.05) is 0 Å². The van der Waals surface area contributed by atoms with Gasteiger partial charge >= 0.3 is 5.71 Å². The number of aliphatic imine (C=N–C) groups is 1. The van der Waals surface area contributed by atoms with E-state index in [-0.39, 0.29) is 12.4 Å². The Morgan fingerprint density at radius 1 is 1.12 bits per heavy atom. The summed E-state index contributed by atoms with van der Waals surface area (Å²) in [6.45, 7) is 0. The third kappa shape index (κ3) is 1.43. The third-order valence-corrected chi connectivity index (χ3v) is 2.53. The van der Waals surface area contributed by atoms with Crippen LogP contribution < -0.4 is 0 Å². The summed E-state index contributed by atoms with van der Waals surface area (Å²) in [7, 11) is 0. The lowest BCUT2D eigenvalue weighted by Crippen LogP contribution is -2.04. The van der Waals surface area contributed by atoms with Gasteiger partial charge in [0.05, 0.1) is 11.4 Å². The standard InChI is InChI=1S/C12H7N3.ClH/c13-15-8-5-6-12-10(7-8)9-3-1-2-4-11(9)14-12;/h1-7H;1H. The molecule has 4 heteroatoms. The second-order valence-electron chi connectivity index (χ2n) is 3.43. The minimum absolute atomic E-state index is 0. The fourth-order valence-corrected chi connectivity index (χ4v) is 1.83. The zero-order chi connectivity index (χ0) is 10.3. The Bertz CT molecular complexity index is 590. The van der Waals surface area contributed by atoms with Crippen molar-refractivity contribution >= 4 is 35.1 Å². The van der Waals surface area contributed by atoms with Gasteiger partial charge < -0.3 is 5.53 Å². The first-order valence-electron chi connectivity index (χ1n) is 4.69. The zero-order valence-electron chi connectivity index (χ0n) is 8.29. The summed E-state index contributed by atoms with van der Waals surface area (Å²) < 4.78 is 0. The molecule has 1 aliphatic carbocycles. The van der Waals surface area contributed by atoms with Crippen LogP contribution in [0.5, 0.6) is 0 Å². The third-order valence-electron chi connectivity index (χ3n) is 2.53. The zero-order valence-corrected chi connectivity index (χ0v) is 9.11. The molecule has 0 saturated carbocycles. The smallest absolute Gasteiger partial charge is 0.316 e. The molecular formula is C12H8ClN3. The van der Waals surface area contributed by atoms with E-state index in [2.05, 4.69) is 9.78 Å². The summed E-state index contributed by atoms with van der Waals surface area (Å²) in [5, 5.41) is 0. The van der Waals surface area contributed by atoms with E-state index in [4.69, 9.17) is 5.53 Å². The molecule has 16 heavy (non-hydrogen) atoms. The van der Waals surface area contributed by atoms with Crippen LogP contribution in [0.25, 0.3) is 11.1 Å². The van der Waals surface area contributed by atoms with Gasteiger partial charge in [0, 0.05) is 23.3 Å². The molecule has 0 unspecified atom stereocenters. The maximum absolute atomic E-state index is 8.71. The van der Waals surface area contributed by atoms with E-state index in [0.29, 0.717) is 5.71 Å². The first kappa shape index (κ1) is 10.6. The highest BCUT2D eigenvalue weighted by molar-refractivity contribution is 6.39. The molecule has 1 aromatic rings. The Balaban J connectivity index is 0.000000963. The van der Waals surface area contributed by atoms with E-state index in [0.717, 1.165) is 22.5 Å². The summed E-state index contributed by atoms with van der Waals surface area (Å²) >= 11 is 0. The van der Waals surface area contributed by atoms with Crippen LogP contribution in [0, 0.1) is 0 Å². The number of para-hydroxylation sites is 1. The first-order valence-corrected chi connectivity index (χ1v) is 4.69. The maximum Gasteiger partial charge on any atom is 0.316 e. The van der Waals surface area contributed by atoms with Crippen LogP contribution >= 0.6 is 12.4 Å². The van der Waals surface area contributed by atoms with Crippen LogP contribution in [0.3, 0.4) is 0 Å². The Kier molecular flexibility index (Phi) is 2.57. The number of hydrogen-bond donors (Lipinski definition) is 0. The van der Waals surface area contributed by atoms with Gasteiger partial charge in [0.2, 0.25) is 0 Å². The minimum atomic E-state index is 0. The van der Waals surface area contributed by atoms with Crippen LogP contribution in [0.15, 0.2) is 47.5 Å². The van der Waals surface area contributed by atoms with Crippen molar-refractivity contribution in [2.45, 2.75) is 0 Å². The Labute approximate surface area is 98.9 Å². The van der Waals surface area contributed by atoms with E-state index in [9.17, 15) is 0 Å². The van der Waals surface area contributed by atoms with E-state index >= 15 is 0 Å². The van der Waals surface area contributed by atoms with Gasteiger partial charge in [0.1, 0.15) is 0 Å². The Morgan fingerprint density at radius 2 is 1.94 bits per heavy atom. The molecule has 0 fully saturated rings. The van der Waals surface area contributed by atoms with Crippen molar-refractivity contribution in [3.05, 3.63) is 53.6 Å². The molecule has 3 rings (SSSR count). The molecule has 2 aliphatic rings. The van der Waals surface area contributed by atoms with Crippen LogP contribution in [-0.2, 0) is 0 Å². The lowest BCUT2D eigenvalue weighted by atomic mass is 9.97. The molecular weight excluding hydrogens is 222 g/mol. The highest BCUT2D eigenvalue weighted by atomic mass is 35.5. The van der Waals surface area contributed by atoms with E-state index in [1.807, 2.05) is 36.4 Å².